The minimum atomic E-state index is 0.406. The molecule has 2 rings (SSSR count). The monoisotopic (exact) mass is 233 g/mol. The van der Waals surface area contributed by atoms with Crippen molar-refractivity contribution in [3.05, 3.63) is 29.3 Å². The molecule has 1 N–H and O–H groups in total. The molecule has 2 heteroatoms. The maximum atomic E-state index is 5.80. The third kappa shape index (κ3) is 2.47. The van der Waals surface area contributed by atoms with Crippen molar-refractivity contribution in [1.82, 2.24) is 5.32 Å². The number of hydrogen-bond donors (Lipinski definition) is 1. The van der Waals surface area contributed by atoms with Gasteiger partial charge in [-0.2, -0.15) is 0 Å². The van der Waals surface area contributed by atoms with Crippen LogP contribution in [0.25, 0.3) is 0 Å². The van der Waals surface area contributed by atoms with E-state index in [9.17, 15) is 0 Å². The molecule has 1 aliphatic rings. The van der Waals surface area contributed by atoms with Crippen LogP contribution in [0.2, 0.25) is 0 Å². The molecule has 0 radical (unpaired) electrons. The van der Waals surface area contributed by atoms with Gasteiger partial charge in [0, 0.05) is 18.0 Å². The Bertz CT molecular complexity index is 375. The second kappa shape index (κ2) is 5.54. The molecule has 0 amide bonds. The zero-order chi connectivity index (χ0) is 12.3. The van der Waals surface area contributed by atoms with E-state index in [0.717, 1.165) is 18.8 Å². The lowest BCUT2D eigenvalue weighted by Gasteiger charge is -2.25. The molecular formula is C15H23NO. The van der Waals surface area contributed by atoms with Gasteiger partial charge in [0.05, 0.1) is 6.61 Å². The molecule has 0 fully saturated rings. The number of nitrogens with one attached hydrogen (secondary N) is 1. The Morgan fingerprint density at radius 2 is 2.24 bits per heavy atom. The van der Waals surface area contributed by atoms with Crippen LogP contribution < -0.4 is 10.1 Å². The highest BCUT2D eigenvalue weighted by Crippen LogP contribution is 2.37. The van der Waals surface area contributed by atoms with Crippen LogP contribution in [-0.2, 0) is 6.42 Å². The standard InChI is InChI=1S/C15H23NO/c1-4-6-11(2)14(16-3)13-8-5-7-12-9-10-17-15(12)13/h5,7-8,11,14,16H,4,6,9-10H2,1-3H3. The second-order valence-corrected chi connectivity index (χ2v) is 4.97. The third-order valence-electron chi connectivity index (χ3n) is 3.70. The Morgan fingerprint density at radius 1 is 1.41 bits per heavy atom. The minimum Gasteiger partial charge on any atom is -0.493 e. The fraction of sp³-hybridized carbons (Fsp3) is 0.600. The van der Waals surface area contributed by atoms with E-state index in [2.05, 4.69) is 37.4 Å². The van der Waals surface area contributed by atoms with Gasteiger partial charge in [-0.05, 0) is 24.9 Å². The van der Waals surface area contributed by atoms with E-state index in [1.807, 2.05) is 7.05 Å². The molecule has 0 spiro atoms. The van der Waals surface area contributed by atoms with Crippen LogP contribution in [-0.4, -0.2) is 13.7 Å². The number of fused-ring (bicyclic) bond motifs is 1. The Kier molecular flexibility index (Phi) is 4.06. The third-order valence-corrected chi connectivity index (χ3v) is 3.70. The summed E-state index contributed by atoms with van der Waals surface area (Å²) in [5, 5.41) is 3.45. The Morgan fingerprint density at radius 3 is 2.94 bits per heavy atom. The fourth-order valence-corrected chi connectivity index (χ4v) is 2.85. The van der Waals surface area contributed by atoms with Crippen molar-refractivity contribution >= 4 is 0 Å². The molecule has 94 valence electrons. The van der Waals surface area contributed by atoms with Gasteiger partial charge in [-0.1, -0.05) is 38.5 Å². The van der Waals surface area contributed by atoms with Gasteiger partial charge >= 0.3 is 0 Å². The van der Waals surface area contributed by atoms with Gasteiger partial charge < -0.3 is 10.1 Å². The molecule has 0 bridgehead atoms. The highest BCUT2D eigenvalue weighted by atomic mass is 16.5. The van der Waals surface area contributed by atoms with Crippen LogP contribution in [0.15, 0.2) is 18.2 Å². The van der Waals surface area contributed by atoms with Gasteiger partial charge in [0.2, 0.25) is 0 Å². The lowest BCUT2D eigenvalue weighted by Crippen LogP contribution is -2.24. The molecule has 17 heavy (non-hydrogen) atoms. The fourth-order valence-electron chi connectivity index (χ4n) is 2.85. The number of ether oxygens (including phenoxy) is 1. The van der Waals surface area contributed by atoms with E-state index < -0.39 is 0 Å². The molecule has 0 saturated heterocycles. The first-order chi connectivity index (χ1) is 8.27. The Hall–Kier alpha value is -1.02. The van der Waals surface area contributed by atoms with E-state index in [0.29, 0.717) is 12.0 Å². The summed E-state index contributed by atoms with van der Waals surface area (Å²) in [6.07, 6.45) is 3.53. The first-order valence-electron chi connectivity index (χ1n) is 6.69. The summed E-state index contributed by atoms with van der Waals surface area (Å²) >= 11 is 0. The molecule has 2 unspecified atom stereocenters. The predicted molar refractivity (Wildman–Crippen MR) is 71.5 cm³/mol. The normalized spacial score (nSPS) is 17.4. The summed E-state index contributed by atoms with van der Waals surface area (Å²) in [5.41, 5.74) is 2.70. The summed E-state index contributed by atoms with van der Waals surface area (Å²) < 4.78 is 5.80. The highest BCUT2D eigenvalue weighted by Gasteiger charge is 2.24. The van der Waals surface area contributed by atoms with Crippen molar-refractivity contribution in [2.75, 3.05) is 13.7 Å². The van der Waals surface area contributed by atoms with Crippen LogP contribution >= 0.6 is 0 Å². The van der Waals surface area contributed by atoms with E-state index in [-0.39, 0.29) is 0 Å². The molecule has 2 nitrogen and oxygen atoms in total. The van der Waals surface area contributed by atoms with Gasteiger partial charge in [0.25, 0.3) is 0 Å². The van der Waals surface area contributed by atoms with Crippen LogP contribution in [0.4, 0.5) is 0 Å². The van der Waals surface area contributed by atoms with Crippen molar-refractivity contribution in [3.63, 3.8) is 0 Å². The van der Waals surface area contributed by atoms with Crippen molar-refractivity contribution in [1.29, 1.82) is 0 Å². The molecule has 1 aromatic rings. The lowest BCUT2D eigenvalue weighted by molar-refractivity contribution is 0.332. The average molecular weight is 233 g/mol. The largest absolute Gasteiger partial charge is 0.493 e. The van der Waals surface area contributed by atoms with Crippen molar-refractivity contribution < 1.29 is 4.74 Å². The predicted octanol–water partition coefficient (Wildman–Crippen LogP) is 3.32. The number of rotatable bonds is 5. The minimum absolute atomic E-state index is 0.406. The van der Waals surface area contributed by atoms with Crippen LogP contribution in [0, 0.1) is 5.92 Å². The van der Waals surface area contributed by atoms with Crippen molar-refractivity contribution in [2.45, 2.75) is 39.2 Å². The van der Waals surface area contributed by atoms with E-state index >= 15 is 0 Å². The van der Waals surface area contributed by atoms with Crippen LogP contribution in [0.1, 0.15) is 43.9 Å². The summed E-state index contributed by atoms with van der Waals surface area (Å²) in [5.74, 6) is 1.77. The van der Waals surface area contributed by atoms with Crippen molar-refractivity contribution in [2.24, 2.45) is 5.92 Å². The lowest BCUT2D eigenvalue weighted by atomic mass is 9.89. The topological polar surface area (TPSA) is 21.3 Å². The quantitative estimate of drug-likeness (QED) is 0.842. The maximum absolute atomic E-state index is 5.80. The summed E-state index contributed by atoms with van der Waals surface area (Å²) in [6.45, 7) is 5.40. The molecule has 1 aromatic carbocycles. The van der Waals surface area contributed by atoms with Gasteiger partial charge in [-0.15, -0.1) is 0 Å². The maximum Gasteiger partial charge on any atom is 0.127 e. The Balaban J connectivity index is 2.28. The first-order valence-corrected chi connectivity index (χ1v) is 6.69. The zero-order valence-corrected chi connectivity index (χ0v) is 11.1. The molecule has 1 heterocycles. The van der Waals surface area contributed by atoms with Gasteiger partial charge in [0.15, 0.2) is 0 Å². The molecule has 2 atom stereocenters. The average Bonchev–Trinajstić information content (AvgIpc) is 2.79. The number of benzene rings is 1. The van der Waals surface area contributed by atoms with Crippen LogP contribution in [0.3, 0.4) is 0 Å². The molecule has 1 aliphatic heterocycles. The van der Waals surface area contributed by atoms with Crippen LogP contribution in [0.5, 0.6) is 5.75 Å². The van der Waals surface area contributed by atoms with E-state index in [1.54, 1.807) is 0 Å². The Labute approximate surface area is 104 Å². The number of para-hydroxylation sites is 1. The first kappa shape index (κ1) is 12.4. The van der Waals surface area contributed by atoms with E-state index in [4.69, 9.17) is 4.74 Å². The molecule has 0 aliphatic carbocycles. The summed E-state index contributed by atoms with van der Waals surface area (Å²) in [6, 6.07) is 6.95. The van der Waals surface area contributed by atoms with Gasteiger partial charge in [-0.3, -0.25) is 0 Å². The van der Waals surface area contributed by atoms with Crippen molar-refractivity contribution in [3.8, 4) is 5.75 Å². The molecule has 0 aromatic heterocycles. The van der Waals surface area contributed by atoms with Gasteiger partial charge in [-0.25, -0.2) is 0 Å². The number of hydrogen-bond acceptors (Lipinski definition) is 2. The second-order valence-electron chi connectivity index (χ2n) is 4.97. The molecule has 0 saturated carbocycles. The van der Waals surface area contributed by atoms with Gasteiger partial charge in [0.1, 0.15) is 5.75 Å². The highest BCUT2D eigenvalue weighted by molar-refractivity contribution is 5.45. The van der Waals surface area contributed by atoms with E-state index in [1.165, 1.54) is 24.0 Å². The summed E-state index contributed by atoms with van der Waals surface area (Å²) in [7, 11) is 2.05. The molecular weight excluding hydrogens is 210 g/mol. The zero-order valence-electron chi connectivity index (χ0n) is 11.1. The smallest absolute Gasteiger partial charge is 0.127 e. The summed E-state index contributed by atoms with van der Waals surface area (Å²) in [4.78, 5) is 0. The SMILES string of the molecule is CCCC(C)C(NC)c1cccc2c1OCC2.